The molecule has 3 amide bonds. The number of carbonyl (C=O) groups excluding carboxylic acids is 4. The zero-order valence-electron chi connectivity index (χ0n) is 34.6. The number of ether oxygens (including phenoxy) is 2. The maximum Gasteiger partial charge on any atom is 0.419 e. The molecule has 0 aliphatic heterocycles. The summed E-state index contributed by atoms with van der Waals surface area (Å²) in [5, 5.41) is 8.20. The Balaban J connectivity index is 0.000000174. The standard InChI is InChI=1S/C20H18ClFN4O4.C15H15ClFN3O.C8H7N3O3.CH4/c1-26-8-14-13(18(26)19(27)24-11-2-4-16(22)15(21)6-11)3-5-17(14)25-20(28)29-9-12-7-23-10-30-12;1-20-7-10-9(3-5-13(10)18)14(20)15(21)19-8-2-4-12(17)11(16)6-8;12-8(11-2-1-9-5-11)13-4-7-3-10-6-14-7;/h2,4,6-8,10,17H,3,5,9H2,1H3,(H,24,27)(H,25,28);2,4,6-7,13H,3,5,18H2,1H3,(H,19,21);1-3,5-6H,4H2;1H4. The van der Waals surface area contributed by atoms with Crippen LogP contribution in [0.15, 0.2) is 102 Å². The maximum absolute atomic E-state index is 13.3. The summed E-state index contributed by atoms with van der Waals surface area (Å²) in [6, 6.07) is 7.81. The normalized spacial score (nSPS) is 14.3. The second-order valence-electron chi connectivity index (χ2n) is 14.6. The van der Waals surface area contributed by atoms with Gasteiger partial charge in [0.05, 0.1) is 28.5 Å². The van der Waals surface area contributed by atoms with Gasteiger partial charge in [-0.1, -0.05) is 30.6 Å². The molecule has 0 spiro atoms. The lowest BCUT2D eigenvalue weighted by molar-refractivity contribution is 0.101. The predicted octanol–water partition coefficient (Wildman–Crippen LogP) is 8.68. The number of nitrogens with two attached hydrogens (primary N) is 1. The quantitative estimate of drug-likeness (QED) is 0.107. The molecule has 0 bridgehead atoms. The fourth-order valence-electron chi connectivity index (χ4n) is 7.24. The number of aromatic nitrogens is 6. The highest BCUT2D eigenvalue weighted by molar-refractivity contribution is 6.31. The number of anilines is 2. The van der Waals surface area contributed by atoms with E-state index in [9.17, 15) is 28.0 Å². The first-order chi connectivity index (χ1) is 31.2. The molecule has 2 atom stereocenters. The van der Waals surface area contributed by atoms with Gasteiger partial charge in [-0.15, -0.1) is 0 Å². The molecule has 0 fully saturated rings. The number of hydrogen-bond acceptors (Lipinski definition) is 12. The van der Waals surface area contributed by atoms with Crippen LogP contribution in [0.1, 0.15) is 87.1 Å². The average molecular weight is 950 g/mol. The van der Waals surface area contributed by atoms with Gasteiger partial charge in [0.15, 0.2) is 37.5 Å². The van der Waals surface area contributed by atoms with E-state index in [0.717, 1.165) is 35.1 Å². The summed E-state index contributed by atoms with van der Waals surface area (Å²) in [5.74, 6) is -0.709. The van der Waals surface area contributed by atoms with Gasteiger partial charge in [0.2, 0.25) is 0 Å². The van der Waals surface area contributed by atoms with E-state index in [1.807, 2.05) is 19.4 Å². The summed E-state index contributed by atoms with van der Waals surface area (Å²) in [4.78, 5) is 59.8. The van der Waals surface area contributed by atoms with E-state index < -0.39 is 23.8 Å². The number of nitrogens with one attached hydrogen (secondary N) is 3. The van der Waals surface area contributed by atoms with Crippen molar-refractivity contribution in [3.05, 3.63) is 160 Å². The van der Waals surface area contributed by atoms with Crippen molar-refractivity contribution in [2.45, 2.75) is 58.4 Å². The minimum Gasteiger partial charge on any atom is -0.445 e. The van der Waals surface area contributed by atoms with E-state index in [0.29, 0.717) is 47.1 Å². The summed E-state index contributed by atoms with van der Waals surface area (Å²) in [6.45, 7) is 0.0467. The van der Waals surface area contributed by atoms with E-state index in [2.05, 4.69) is 30.9 Å². The van der Waals surface area contributed by atoms with Gasteiger partial charge >= 0.3 is 12.2 Å². The number of aryl methyl sites for hydroxylation is 2. The van der Waals surface area contributed by atoms with Crippen molar-refractivity contribution in [1.29, 1.82) is 0 Å². The highest BCUT2D eigenvalue weighted by Crippen LogP contribution is 2.36. The molecule has 5 heterocycles. The summed E-state index contributed by atoms with van der Waals surface area (Å²) in [6.07, 6.45) is 15.4. The number of nitrogens with zero attached hydrogens (tertiary/aromatic N) is 6. The van der Waals surface area contributed by atoms with Crippen molar-refractivity contribution >= 4 is 58.6 Å². The number of hydrogen-bond donors (Lipinski definition) is 4. The largest absolute Gasteiger partial charge is 0.445 e. The van der Waals surface area contributed by atoms with Crippen LogP contribution in [0, 0.1) is 11.6 Å². The molecule has 0 saturated carbocycles. The monoisotopic (exact) mass is 948 g/mol. The van der Waals surface area contributed by atoms with Crippen LogP contribution in [0.2, 0.25) is 10.0 Å². The minimum absolute atomic E-state index is 0. The van der Waals surface area contributed by atoms with Crippen molar-refractivity contribution in [2.75, 3.05) is 10.6 Å². The number of carbonyl (C=O) groups is 4. The van der Waals surface area contributed by atoms with Crippen molar-refractivity contribution in [3.8, 4) is 0 Å². The van der Waals surface area contributed by atoms with Gasteiger partial charge in [0.1, 0.15) is 29.3 Å². The molecule has 2 aromatic carbocycles. The van der Waals surface area contributed by atoms with Crippen LogP contribution in [0.4, 0.5) is 29.7 Å². The summed E-state index contributed by atoms with van der Waals surface area (Å²) in [5.41, 5.74) is 11.7. The Morgan fingerprint density at radius 2 is 1.32 bits per heavy atom. The minimum atomic E-state index is -0.583. The maximum atomic E-state index is 13.3. The number of alkyl carbamates (subject to hydrolysis) is 1. The third kappa shape index (κ3) is 11.5. The highest BCUT2D eigenvalue weighted by atomic mass is 35.5. The van der Waals surface area contributed by atoms with Gasteiger partial charge in [0, 0.05) is 56.3 Å². The second kappa shape index (κ2) is 21.6. The molecule has 2 aliphatic rings. The Hall–Kier alpha value is -7.29. The molecule has 2 unspecified atom stereocenters. The molecule has 7 aromatic rings. The number of imidazole rings is 1. The molecule has 9 rings (SSSR count). The summed E-state index contributed by atoms with van der Waals surface area (Å²) in [7, 11) is 3.57. The smallest absolute Gasteiger partial charge is 0.419 e. The number of halogens is 4. The van der Waals surface area contributed by atoms with E-state index in [-0.39, 0.29) is 54.6 Å². The lowest BCUT2D eigenvalue weighted by Gasteiger charge is -2.12. The predicted molar refractivity (Wildman–Crippen MR) is 237 cm³/mol. The number of fused-ring (bicyclic) bond motifs is 2. The number of rotatable bonds is 9. The van der Waals surface area contributed by atoms with Crippen LogP contribution in [-0.4, -0.2) is 52.7 Å². The van der Waals surface area contributed by atoms with Gasteiger partial charge in [-0.05, 0) is 84.3 Å². The molecule has 18 nitrogen and oxygen atoms in total. The fraction of sp³-hybridized carbons (Fsp3) is 0.250. The van der Waals surface area contributed by atoms with E-state index >= 15 is 0 Å². The Morgan fingerprint density at radius 3 is 1.83 bits per heavy atom. The highest BCUT2D eigenvalue weighted by Gasteiger charge is 2.32. The zero-order valence-corrected chi connectivity index (χ0v) is 36.1. The molecule has 5 aromatic heterocycles. The molecular weight excluding hydrogens is 905 g/mol. The van der Waals surface area contributed by atoms with E-state index in [4.69, 9.17) is 47.2 Å². The third-order valence-electron chi connectivity index (χ3n) is 10.2. The molecule has 22 heteroatoms. The summed E-state index contributed by atoms with van der Waals surface area (Å²) < 4.78 is 51.1. The van der Waals surface area contributed by atoms with Crippen LogP contribution in [0.3, 0.4) is 0 Å². The Bertz CT molecular complexity index is 2790. The number of oxazole rings is 2. The van der Waals surface area contributed by atoms with E-state index in [1.54, 1.807) is 16.2 Å². The van der Waals surface area contributed by atoms with Crippen molar-refractivity contribution in [3.63, 3.8) is 0 Å². The molecule has 5 N–H and O–H groups in total. The van der Waals surface area contributed by atoms with Crippen LogP contribution < -0.4 is 21.7 Å². The van der Waals surface area contributed by atoms with Gasteiger partial charge < -0.3 is 49.1 Å². The van der Waals surface area contributed by atoms with Gasteiger partial charge in [-0.25, -0.2) is 37.9 Å². The molecule has 2 aliphatic carbocycles. The van der Waals surface area contributed by atoms with Crippen LogP contribution in [0.25, 0.3) is 0 Å². The van der Waals surface area contributed by atoms with Gasteiger partial charge in [0.25, 0.3) is 11.8 Å². The van der Waals surface area contributed by atoms with Crippen LogP contribution >= 0.6 is 23.2 Å². The molecule has 66 heavy (non-hydrogen) atoms. The Labute approximate surface area is 386 Å². The van der Waals surface area contributed by atoms with Crippen LogP contribution in [-0.2, 0) is 49.6 Å². The number of benzene rings is 2. The second-order valence-corrected chi connectivity index (χ2v) is 15.4. The Kier molecular flexibility index (Phi) is 15.8. The Morgan fingerprint density at radius 1 is 0.788 bits per heavy atom. The van der Waals surface area contributed by atoms with Crippen molar-refractivity contribution in [1.82, 2.24) is 34.0 Å². The fourth-order valence-corrected chi connectivity index (χ4v) is 7.60. The van der Waals surface area contributed by atoms with Crippen molar-refractivity contribution in [2.24, 2.45) is 19.8 Å². The topological polar surface area (TPSA) is 229 Å². The lowest BCUT2D eigenvalue weighted by Crippen LogP contribution is -2.27. The zero-order chi connectivity index (χ0) is 46.2. The van der Waals surface area contributed by atoms with Gasteiger partial charge in [-0.2, -0.15) is 0 Å². The van der Waals surface area contributed by atoms with Crippen LogP contribution in [0.5, 0.6) is 0 Å². The first-order valence-corrected chi connectivity index (χ1v) is 20.5. The first-order valence-electron chi connectivity index (χ1n) is 19.7. The SMILES string of the molecule is C.Cn1cc2c(c1C(=O)Nc1ccc(F)c(Cl)c1)CCC2N.Cn1cc2c(c1C(=O)Nc1ccc(F)c(Cl)c1)CCC2NC(=O)OCc1cnco1.O=C(OCc1cnco1)n1ccnc1. The molecule has 0 radical (unpaired) electrons. The van der Waals surface area contributed by atoms with Gasteiger partial charge in [-0.3, -0.25) is 9.59 Å². The third-order valence-corrected chi connectivity index (χ3v) is 10.8. The summed E-state index contributed by atoms with van der Waals surface area (Å²) >= 11 is 11.5. The number of amides is 3. The average Bonchev–Trinajstić information content (AvgIpc) is 4.14. The first kappa shape index (κ1) is 48.2. The lowest BCUT2D eigenvalue weighted by atomic mass is 10.1. The molecule has 0 saturated heterocycles. The molecule has 346 valence electrons. The van der Waals surface area contributed by atoms with Crippen molar-refractivity contribution < 1.29 is 46.3 Å². The molecular formula is C44H44Cl2F2N10O8. The van der Waals surface area contributed by atoms with E-state index in [1.165, 1.54) is 84.9 Å².